The molecule has 7 rings (SSSR count). The molecule has 9 heteroatoms. The first kappa shape index (κ1) is 25.9. The van der Waals surface area contributed by atoms with Crippen LogP contribution in [0.1, 0.15) is 72.1 Å². The Labute approximate surface area is 223 Å². The van der Waals surface area contributed by atoms with Gasteiger partial charge < -0.3 is 39.4 Å². The van der Waals surface area contributed by atoms with Crippen molar-refractivity contribution in [3.05, 3.63) is 11.6 Å². The summed E-state index contributed by atoms with van der Waals surface area (Å²) in [5, 5.41) is 45.9. The molecule has 4 saturated carbocycles. The third-order valence-electron chi connectivity index (χ3n) is 12.4. The highest BCUT2D eigenvalue weighted by molar-refractivity contribution is 5.85. The van der Waals surface area contributed by atoms with E-state index in [9.17, 15) is 25.2 Å². The van der Waals surface area contributed by atoms with Crippen molar-refractivity contribution in [2.45, 2.75) is 120 Å². The van der Waals surface area contributed by atoms with Crippen molar-refractivity contribution in [3.63, 3.8) is 0 Å². The van der Waals surface area contributed by atoms with Gasteiger partial charge in [-0.3, -0.25) is 0 Å². The van der Waals surface area contributed by atoms with Gasteiger partial charge in [0.25, 0.3) is 0 Å². The van der Waals surface area contributed by atoms with Crippen LogP contribution in [0.4, 0.5) is 0 Å². The van der Waals surface area contributed by atoms with Crippen molar-refractivity contribution in [2.75, 3.05) is 6.61 Å². The zero-order valence-corrected chi connectivity index (χ0v) is 22.5. The first-order valence-corrected chi connectivity index (χ1v) is 14.6. The highest BCUT2D eigenvalue weighted by atomic mass is 16.8. The van der Waals surface area contributed by atoms with Crippen LogP contribution in [0.25, 0.3) is 0 Å². The number of rotatable bonds is 1. The van der Waals surface area contributed by atoms with Gasteiger partial charge in [-0.15, -0.1) is 0 Å². The van der Waals surface area contributed by atoms with Gasteiger partial charge in [-0.1, -0.05) is 13.8 Å². The van der Waals surface area contributed by atoms with Crippen molar-refractivity contribution >= 4 is 5.97 Å². The number of carbonyl (C=O) groups is 1. The molecule has 212 valence electrons. The lowest BCUT2D eigenvalue weighted by atomic mass is 9.42. The molecule has 0 unspecified atom stereocenters. The molecule has 6 fully saturated rings. The second kappa shape index (κ2) is 8.24. The van der Waals surface area contributed by atoms with E-state index in [1.54, 1.807) is 6.08 Å². The summed E-state index contributed by atoms with van der Waals surface area (Å²) in [6, 6.07) is 0. The minimum Gasteiger partial charge on any atom is -0.458 e. The molecule has 9 nitrogen and oxygen atoms in total. The van der Waals surface area contributed by atoms with Crippen LogP contribution >= 0.6 is 0 Å². The highest BCUT2D eigenvalue weighted by Crippen LogP contribution is 2.70. The zero-order chi connectivity index (χ0) is 26.8. The Hall–Kier alpha value is -1.07. The van der Waals surface area contributed by atoms with Gasteiger partial charge in [-0.2, -0.15) is 0 Å². The molecule has 0 radical (unpaired) electrons. The highest BCUT2D eigenvalue weighted by Gasteiger charge is 2.72. The first-order chi connectivity index (χ1) is 17.9. The van der Waals surface area contributed by atoms with E-state index in [1.165, 1.54) is 0 Å². The lowest BCUT2D eigenvalue weighted by molar-refractivity contribution is -0.458. The Morgan fingerprint density at radius 3 is 2.47 bits per heavy atom. The number of carbonyl (C=O) groups excluding carboxylic acids is 1. The van der Waals surface area contributed by atoms with E-state index in [0.717, 1.165) is 37.7 Å². The molecule has 3 heterocycles. The molecule has 0 aromatic heterocycles. The minimum atomic E-state index is -1.89. The van der Waals surface area contributed by atoms with E-state index in [2.05, 4.69) is 13.8 Å². The summed E-state index contributed by atoms with van der Waals surface area (Å²) in [5.41, 5.74) is -1.08. The number of cyclic esters (lactones) is 1. The normalized spacial score (nSPS) is 59.6. The summed E-state index contributed by atoms with van der Waals surface area (Å²) >= 11 is 0. The number of esters is 1. The van der Waals surface area contributed by atoms with Gasteiger partial charge in [0, 0.05) is 17.9 Å². The minimum absolute atomic E-state index is 0.0810. The van der Waals surface area contributed by atoms with E-state index in [1.807, 2.05) is 6.92 Å². The standard InChI is InChI=1S/C29H42O9/c1-14-8-23(31)29(34)25(36-14)37-20-10-16-4-5-18-17(26(16,2)12-21(20)38-29)6-7-27(3)19(11-22(30)28(18,27)33)15-9-24(32)35-13-15/h9,14,16-23,25,30-31,33-34H,4-8,10-13H2,1-3H3/t14-,16-,17+,18-,19-,20-,21-,22-,23-,25+,26+,27-,28-,29+/m1/s1. The number of fused-ring (bicyclic) bond motifs is 7. The van der Waals surface area contributed by atoms with Gasteiger partial charge in [0.1, 0.15) is 12.7 Å². The fourth-order valence-electron chi connectivity index (χ4n) is 10.3. The molecule has 3 aliphatic heterocycles. The molecule has 0 amide bonds. The molecule has 4 aliphatic carbocycles. The molecule has 2 saturated heterocycles. The summed E-state index contributed by atoms with van der Waals surface area (Å²) in [4.78, 5) is 11.8. The Morgan fingerprint density at radius 2 is 1.74 bits per heavy atom. The van der Waals surface area contributed by atoms with Gasteiger partial charge in [0.2, 0.25) is 12.1 Å². The quantitative estimate of drug-likeness (QED) is 0.293. The maximum absolute atomic E-state index is 12.5. The molecule has 0 aromatic carbocycles. The number of ether oxygens (including phenoxy) is 4. The van der Waals surface area contributed by atoms with Crippen LogP contribution < -0.4 is 0 Å². The summed E-state index contributed by atoms with van der Waals surface area (Å²) in [6.07, 6.45) is 3.29. The van der Waals surface area contributed by atoms with Crippen LogP contribution in [0, 0.1) is 34.5 Å². The third-order valence-corrected chi connectivity index (χ3v) is 12.4. The fourth-order valence-corrected chi connectivity index (χ4v) is 10.3. The fraction of sp³-hybridized carbons (Fsp3) is 0.897. The van der Waals surface area contributed by atoms with Gasteiger partial charge in [0.15, 0.2) is 0 Å². The maximum Gasteiger partial charge on any atom is 0.331 e. The summed E-state index contributed by atoms with van der Waals surface area (Å²) in [7, 11) is 0. The van der Waals surface area contributed by atoms with Crippen molar-refractivity contribution in [3.8, 4) is 0 Å². The first-order valence-electron chi connectivity index (χ1n) is 14.6. The molecule has 38 heavy (non-hydrogen) atoms. The van der Waals surface area contributed by atoms with E-state index in [-0.39, 0.29) is 60.5 Å². The second-order valence-corrected chi connectivity index (χ2v) is 14.0. The molecule has 0 bridgehead atoms. The number of hydrogen-bond acceptors (Lipinski definition) is 9. The molecule has 14 atom stereocenters. The molecule has 0 spiro atoms. The van der Waals surface area contributed by atoms with Crippen molar-refractivity contribution in [2.24, 2.45) is 34.5 Å². The van der Waals surface area contributed by atoms with Gasteiger partial charge in [-0.05, 0) is 86.5 Å². The summed E-state index contributed by atoms with van der Waals surface area (Å²) < 4.78 is 23.6. The van der Waals surface area contributed by atoms with Crippen LogP contribution in [0.5, 0.6) is 0 Å². The Morgan fingerprint density at radius 1 is 0.947 bits per heavy atom. The van der Waals surface area contributed by atoms with Crippen LogP contribution in [-0.4, -0.2) is 81.2 Å². The van der Waals surface area contributed by atoms with E-state index in [0.29, 0.717) is 18.8 Å². The lowest BCUT2D eigenvalue weighted by Crippen LogP contribution is -2.71. The monoisotopic (exact) mass is 534 g/mol. The smallest absolute Gasteiger partial charge is 0.331 e. The van der Waals surface area contributed by atoms with Crippen LogP contribution in [0.3, 0.4) is 0 Å². The van der Waals surface area contributed by atoms with E-state index < -0.39 is 35.3 Å². The SMILES string of the molecule is C[C@@H]1C[C@@H](O)[C@]2(O)O[C@@H]3C[C@@]4(C)[C@H](CC[C@@H]5[C@@H]4CC[C@]4(C)[C@@H](C6=CC(=O)OC6)C[C@@H](O)[C@]54O)C[C@H]3O[C@@H]2O1. The number of hydrogen-bond donors (Lipinski definition) is 4. The van der Waals surface area contributed by atoms with Crippen molar-refractivity contribution < 1.29 is 44.2 Å². The molecular formula is C29H42O9. The molecule has 7 aliphatic rings. The number of aliphatic hydroxyl groups is 4. The molecular weight excluding hydrogens is 492 g/mol. The summed E-state index contributed by atoms with van der Waals surface area (Å²) in [5.74, 6) is -1.87. The topological polar surface area (TPSA) is 135 Å². The molecule has 0 aromatic rings. The van der Waals surface area contributed by atoms with Crippen LogP contribution in [0.2, 0.25) is 0 Å². The Bertz CT molecular complexity index is 1050. The number of aliphatic hydroxyl groups excluding tert-OH is 2. The molecule has 4 N–H and O–H groups in total. The van der Waals surface area contributed by atoms with Crippen molar-refractivity contribution in [1.29, 1.82) is 0 Å². The van der Waals surface area contributed by atoms with E-state index in [4.69, 9.17) is 18.9 Å². The van der Waals surface area contributed by atoms with Crippen molar-refractivity contribution in [1.82, 2.24) is 0 Å². The lowest BCUT2D eigenvalue weighted by Gasteiger charge is -2.65. The van der Waals surface area contributed by atoms with Crippen LogP contribution in [0.15, 0.2) is 11.6 Å². The maximum atomic E-state index is 12.5. The van der Waals surface area contributed by atoms with E-state index >= 15 is 0 Å². The van der Waals surface area contributed by atoms with Gasteiger partial charge in [-0.25, -0.2) is 4.79 Å². The summed E-state index contributed by atoms with van der Waals surface area (Å²) in [6.45, 7) is 6.48. The van der Waals surface area contributed by atoms with Crippen LogP contribution in [-0.2, 0) is 23.7 Å². The largest absolute Gasteiger partial charge is 0.458 e. The van der Waals surface area contributed by atoms with Gasteiger partial charge in [0.05, 0.1) is 30.0 Å². The Balaban J connectivity index is 1.17. The van der Waals surface area contributed by atoms with Gasteiger partial charge >= 0.3 is 5.97 Å². The average molecular weight is 535 g/mol. The zero-order valence-electron chi connectivity index (χ0n) is 22.5. The average Bonchev–Trinajstić information content (AvgIpc) is 3.36. The predicted molar refractivity (Wildman–Crippen MR) is 132 cm³/mol. The third kappa shape index (κ3) is 3.21. The predicted octanol–water partition coefficient (Wildman–Crippen LogP) is 1.79. The second-order valence-electron chi connectivity index (χ2n) is 14.0. The Kier molecular flexibility index (Phi) is 5.61.